The van der Waals surface area contributed by atoms with Crippen molar-refractivity contribution in [1.29, 1.82) is 0 Å². The number of rotatable bonds is 11. The smallest absolute Gasteiger partial charge is 0.172 e. The van der Waals surface area contributed by atoms with E-state index in [0.717, 1.165) is 30.4 Å². The molecule has 0 aliphatic heterocycles. The summed E-state index contributed by atoms with van der Waals surface area (Å²) in [6, 6.07) is 3.85. The molecule has 0 atom stereocenters. The second-order valence-corrected chi connectivity index (χ2v) is 8.20. The maximum Gasteiger partial charge on any atom is 0.172 e. The number of hydrogen-bond donors (Lipinski definition) is 1. The van der Waals surface area contributed by atoms with Crippen molar-refractivity contribution in [3.8, 4) is 12.3 Å². The number of pyridine rings is 1. The lowest BCUT2D eigenvalue weighted by Gasteiger charge is -2.03. The first-order valence-corrected chi connectivity index (χ1v) is 10.8. The van der Waals surface area contributed by atoms with Gasteiger partial charge in [0.25, 0.3) is 0 Å². The molecule has 1 aromatic heterocycles. The van der Waals surface area contributed by atoms with Crippen LogP contribution in [-0.4, -0.2) is 32.6 Å². The Bertz CT molecular complexity index is 961. The lowest BCUT2D eigenvalue weighted by Crippen LogP contribution is -2.03. The lowest BCUT2D eigenvalue weighted by atomic mass is 10.1. The van der Waals surface area contributed by atoms with E-state index in [1.165, 1.54) is 19.3 Å². The molecule has 0 aliphatic rings. The van der Waals surface area contributed by atoms with E-state index in [1.807, 2.05) is 24.3 Å². The van der Waals surface area contributed by atoms with E-state index in [-0.39, 0.29) is 4.91 Å². The number of sulfone groups is 1. The topological polar surface area (TPSA) is 83.8 Å². The summed E-state index contributed by atoms with van der Waals surface area (Å²) in [7, 11) is -3.23. The van der Waals surface area contributed by atoms with Crippen LogP contribution in [0.2, 0.25) is 0 Å². The number of nitrogens with zero attached hydrogens (tertiary/aromatic N) is 3. The van der Waals surface area contributed by atoms with E-state index >= 15 is 0 Å². The summed E-state index contributed by atoms with van der Waals surface area (Å²) in [5, 5.41) is 4.00. The molecule has 0 saturated heterocycles. The average molecular weight is 411 g/mol. The van der Waals surface area contributed by atoms with Gasteiger partial charge in [-0.15, -0.1) is 12.3 Å². The molecule has 0 radical (unpaired) electrons. The molecular formula is C22H26N4O2S. The maximum atomic E-state index is 11.4. The minimum Gasteiger partial charge on any atom is -0.285 e. The van der Waals surface area contributed by atoms with Crippen LogP contribution >= 0.6 is 0 Å². The minimum absolute atomic E-state index is 0.188. The van der Waals surface area contributed by atoms with Crippen molar-refractivity contribution in [2.45, 2.75) is 26.2 Å². The molecule has 6 nitrogen and oxygen atoms in total. The zero-order valence-electron chi connectivity index (χ0n) is 16.7. The number of aliphatic imine (C=N–C) groups is 1. The zero-order chi connectivity index (χ0) is 21.5. The van der Waals surface area contributed by atoms with Crippen LogP contribution in [0.15, 0.2) is 70.0 Å². The fourth-order valence-electron chi connectivity index (χ4n) is 1.97. The van der Waals surface area contributed by atoms with Gasteiger partial charge in [0.2, 0.25) is 0 Å². The van der Waals surface area contributed by atoms with Crippen LogP contribution in [0.4, 0.5) is 0 Å². The molecule has 1 heterocycles. The maximum absolute atomic E-state index is 11.4. The van der Waals surface area contributed by atoms with Crippen molar-refractivity contribution in [2.24, 2.45) is 10.1 Å². The molecule has 29 heavy (non-hydrogen) atoms. The third-order valence-electron chi connectivity index (χ3n) is 3.69. The molecule has 0 bridgehead atoms. The molecule has 1 aromatic rings. The molecule has 0 spiro atoms. The number of hydrogen-bond acceptors (Lipinski definition) is 6. The lowest BCUT2D eigenvalue weighted by molar-refractivity contribution is 0.607. The Labute approximate surface area is 173 Å². The fraction of sp³-hybridized carbons (Fsp3) is 0.227. The predicted molar refractivity (Wildman–Crippen MR) is 122 cm³/mol. The highest BCUT2D eigenvalue weighted by Gasteiger charge is 2.03. The van der Waals surface area contributed by atoms with Gasteiger partial charge >= 0.3 is 0 Å². The number of nitrogens with one attached hydrogen (secondary N) is 1. The summed E-state index contributed by atoms with van der Waals surface area (Å²) in [6.07, 6.45) is 22.8. The molecule has 7 heteroatoms. The Kier molecular flexibility index (Phi) is 10.7. The van der Waals surface area contributed by atoms with Crippen molar-refractivity contribution in [1.82, 2.24) is 10.4 Å². The van der Waals surface area contributed by atoms with E-state index < -0.39 is 9.84 Å². The Morgan fingerprint density at radius 3 is 2.69 bits per heavy atom. The number of hydrazone groups is 1. The Morgan fingerprint density at radius 2 is 2.07 bits per heavy atom. The second kappa shape index (κ2) is 13.0. The highest BCUT2D eigenvalue weighted by molar-refractivity contribution is 7.94. The van der Waals surface area contributed by atoms with Gasteiger partial charge in [-0.3, -0.25) is 15.4 Å². The summed E-state index contributed by atoms with van der Waals surface area (Å²) < 4.78 is 22.7. The van der Waals surface area contributed by atoms with Crippen molar-refractivity contribution in [3.05, 3.63) is 71.2 Å². The van der Waals surface area contributed by atoms with E-state index in [4.69, 9.17) is 6.42 Å². The fourth-order valence-corrected chi connectivity index (χ4v) is 2.23. The van der Waals surface area contributed by atoms with Crippen LogP contribution in [0.25, 0.3) is 5.57 Å². The van der Waals surface area contributed by atoms with Crippen LogP contribution in [0, 0.1) is 12.3 Å². The Hall–Kier alpha value is -3.24. The van der Waals surface area contributed by atoms with E-state index in [0.29, 0.717) is 12.0 Å². The van der Waals surface area contributed by atoms with E-state index in [2.05, 4.69) is 45.3 Å². The molecule has 0 aliphatic carbocycles. The van der Waals surface area contributed by atoms with Gasteiger partial charge < -0.3 is 0 Å². The van der Waals surface area contributed by atoms with Crippen molar-refractivity contribution < 1.29 is 8.42 Å². The predicted octanol–water partition coefficient (Wildman–Crippen LogP) is 3.67. The van der Waals surface area contributed by atoms with Gasteiger partial charge in [-0.1, -0.05) is 30.4 Å². The van der Waals surface area contributed by atoms with E-state index in [9.17, 15) is 8.42 Å². The van der Waals surface area contributed by atoms with Crippen LogP contribution in [0.5, 0.6) is 0 Å². The third kappa shape index (κ3) is 10.0. The van der Waals surface area contributed by atoms with Crippen molar-refractivity contribution in [2.75, 3.05) is 6.26 Å². The highest BCUT2D eigenvalue weighted by atomic mass is 32.2. The number of terminal acetylenes is 1. The van der Waals surface area contributed by atoms with Crippen LogP contribution in [-0.2, 0) is 16.3 Å². The third-order valence-corrected chi connectivity index (χ3v) is 4.98. The standard InChI is InChI=1S/C22H26N4O2S/c1-5-6-7-8-9-10-11-12-22-14-13-20(17-24-22)21(16-23-3)18-26-25-15-19(2)29(4,27)28/h1,7-8,10-11,13-18,25H,3,6,9,12H2,2,4H3/b8-7-,11-10-,19-15+,21-16-,26-18-. The molecule has 1 N–H and O–H groups in total. The van der Waals surface area contributed by atoms with Gasteiger partial charge in [0.1, 0.15) is 0 Å². The first kappa shape index (κ1) is 23.8. The molecule has 0 amide bonds. The zero-order valence-corrected chi connectivity index (χ0v) is 17.6. The summed E-state index contributed by atoms with van der Waals surface area (Å²) >= 11 is 0. The van der Waals surface area contributed by atoms with Crippen molar-refractivity contribution >= 4 is 28.3 Å². The molecule has 152 valence electrons. The van der Waals surface area contributed by atoms with Gasteiger partial charge in [0.15, 0.2) is 9.84 Å². The molecule has 0 saturated carbocycles. The van der Waals surface area contributed by atoms with Gasteiger partial charge in [-0.25, -0.2) is 8.42 Å². The monoisotopic (exact) mass is 410 g/mol. The number of allylic oxidation sites excluding steroid dienone is 6. The van der Waals surface area contributed by atoms with Gasteiger partial charge in [0.05, 0.1) is 11.1 Å². The summed E-state index contributed by atoms with van der Waals surface area (Å²) in [6.45, 7) is 4.95. The van der Waals surface area contributed by atoms with Gasteiger partial charge in [-0.05, 0) is 26.1 Å². The molecule has 0 unspecified atom stereocenters. The molecule has 0 aromatic carbocycles. The van der Waals surface area contributed by atoms with Crippen LogP contribution < -0.4 is 5.43 Å². The quantitative estimate of drug-likeness (QED) is 0.261. The summed E-state index contributed by atoms with van der Waals surface area (Å²) in [5.74, 6) is 2.56. The number of aromatic nitrogens is 1. The van der Waals surface area contributed by atoms with Gasteiger partial charge in [-0.2, -0.15) is 5.10 Å². The summed E-state index contributed by atoms with van der Waals surface area (Å²) in [4.78, 5) is 8.41. The SMILES string of the molecule is C#CC/C=C\C/C=C\Cc1ccc(C(/C=N\N/C=C(\C)S(C)(=O)=O)=C\N=C)cn1. The van der Waals surface area contributed by atoms with Crippen LogP contribution in [0.1, 0.15) is 31.0 Å². The normalized spacial score (nSPS) is 13.3. The highest BCUT2D eigenvalue weighted by Crippen LogP contribution is 2.12. The van der Waals surface area contributed by atoms with Crippen molar-refractivity contribution in [3.63, 3.8) is 0 Å². The van der Waals surface area contributed by atoms with Gasteiger partial charge in [0, 0.05) is 54.5 Å². The molecule has 0 fully saturated rings. The molecular weight excluding hydrogens is 384 g/mol. The summed E-state index contributed by atoms with van der Waals surface area (Å²) in [5.41, 5.74) is 5.03. The molecule has 1 rings (SSSR count). The minimum atomic E-state index is -3.23. The largest absolute Gasteiger partial charge is 0.285 e. The van der Waals surface area contributed by atoms with E-state index in [1.54, 1.807) is 12.4 Å². The second-order valence-electron chi connectivity index (χ2n) is 6.01. The Morgan fingerprint density at radius 1 is 1.31 bits per heavy atom. The van der Waals surface area contributed by atoms with Crippen LogP contribution in [0.3, 0.4) is 0 Å². The Balaban J connectivity index is 2.71. The average Bonchev–Trinajstić information content (AvgIpc) is 2.69. The first-order valence-electron chi connectivity index (χ1n) is 8.88. The first-order chi connectivity index (χ1) is 13.9.